The number of Topliss-reactive ketones (excluding diaryl/α,β-unsaturated/α-hetero) is 1. The Morgan fingerprint density at radius 2 is 1.85 bits per heavy atom. The summed E-state index contributed by atoms with van der Waals surface area (Å²) >= 11 is 5.99. The summed E-state index contributed by atoms with van der Waals surface area (Å²) in [5.41, 5.74) is 2.62. The average Bonchev–Trinajstić information content (AvgIpc) is 2.69. The van der Waals surface area contributed by atoms with Gasteiger partial charge in [0.05, 0.1) is 17.9 Å². The maximum Gasteiger partial charge on any atom is 0.225 e. The van der Waals surface area contributed by atoms with Crippen molar-refractivity contribution in [3.8, 4) is 0 Å². The molecular formula is C20H23ClN4O2. The van der Waals surface area contributed by atoms with Crippen molar-refractivity contribution in [2.75, 3.05) is 44.2 Å². The number of ketones is 1. The lowest BCUT2D eigenvalue weighted by Gasteiger charge is -2.34. The molecule has 0 bridgehead atoms. The highest BCUT2D eigenvalue weighted by atomic mass is 35.5. The van der Waals surface area contributed by atoms with Crippen LogP contribution in [-0.4, -0.2) is 65.1 Å². The number of aliphatic hydroxyl groups excluding tert-OH is 1. The molecule has 2 aromatic rings. The Bertz CT molecular complexity index is 819. The molecule has 0 radical (unpaired) electrons. The van der Waals surface area contributed by atoms with Gasteiger partial charge in [-0.15, -0.1) is 0 Å². The Hall–Kier alpha value is -2.02. The molecular weight excluding hydrogens is 364 g/mol. The largest absolute Gasteiger partial charge is 0.395 e. The van der Waals surface area contributed by atoms with Gasteiger partial charge in [-0.2, -0.15) is 0 Å². The third kappa shape index (κ3) is 3.98. The number of hydrogen-bond donors (Lipinski definition) is 1. The smallest absolute Gasteiger partial charge is 0.225 e. The van der Waals surface area contributed by atoms with E-state index < -0.39 is 0 Å². The molecule has 1 aliphatic carbocycles. The number of nitrogens with zero attached hydrogens (tertiary/aromatic N) is 4. The van der Waals surface area contributed by atoms with Crippen LogP contribution in [0.15, 0.2) is 30.5 Å². The number of halogens is 1. The first-order valence-corrected chi connectivity index (χ1v) is 9.74. The summed E-state index contributed by atoms with van der Waals surface area (Å²) in [7, 11) is 0. The van der Waals surface area contributed by atoms with Crippen LogP contribution in [0.3, 0.4) is 0 Å². The van der Waals surface area contributed by atoms with Crippen LogP contribution in [0, 0.1) is 0 Å². The van der Waals surface area contributed by atoms with Crippen molar-refractivity contribution < 1.29 is 9.90 Å². The topological polar surface area (TPSA) is 69.6 Å². The first-order valence-electron chi connectivity index (χ1n) is 9.37. The predicted molar refractivity (Wildman–Crippen MR) is 105 cm³/mol. The summed E-state index contributed by atoms with van der Waals surface area (Å²) < 4.78 is 0. The van der Waals surface area contributed by atoms with Crippen molar-refractivity contribution in [3.05, 3.63) is 52.3 Å². The predicted octanol–water partition coefficient (Wildman–Crippen LogP) is 2.16. The fraction of sp³-hybridized carbons (Fsp3) is 0.450. The number of aromatic nitrogens is 2. The molecule has 1 unspecified atom stereocenters. The molecule has 142 valence electrons. The molecule has 1 aliphatic heterocycles. The van der Waals surface area contributed by atoms with Crippen molar-refractivity contribution in [1.82, 2.24) is 14.9 Å². The molecule has 1 aromatic heterocycles. The minimum Gasteiger partial charge on any atom is -0.395 e. The third-order valence-corrected chi connectivity index (χ3v) is 5.69. The fourth-order valence-electron chi connectivity index (χ4n) is 3.87. The summed E-state index contributed by atoms with van der Waals surface area (Å²) in [5.74, 6) is 0.934. The lowest BCUT2D eigenvalue weighted by Crippen LogP contribution is -2.47. The van der Waals surface area contributed by atoms with Crippen LogP contribution >= 0.6 is 11.6 Å². The summed E-state index contributed by atoms with van der Waals surface area (Å²) in [6.07, 6.45) is 2.91. The van der Waals surface area contributed by atoms with E-state index in [0.717, 1.165) is 43.9 Å². The van der Waals surface area contributed by atoms with Crippen molar-refractivity contribution >= 4 is 23.3 Å². The molecule has 1 atom stereocenters. The van der Waals surface area contributed by atoms with Gasteiger partial charge in [0.15, 0.2) is 5.78 Å². The SMILES string of the molecule is O=C1CC(c2ccc(Cl)cc2)Cc2nc(N3CCN(CCO)CC3)ncc21. The van der Waals surface area contributed by atoms with Gasteiger partial charge in [-0.1, -0.05) is 23.7 Å². The zero-order chi connectivity index (χ0) is 18.8. The van der Waals surface area contributed by atoms with Gasteiger partial charge in [0.1, 0.15) is 0 Å². The highest BCUT2D eigenvalue weighted by molar-refractivity contribution is 6.30. The van der Waals surface area contributed by atoms with Crippen molar-refractivity contribution in [3.63, 3.8) is 0 Å². The summed E-state index contributed by atoms with van der Waals surface area (Å²) in [4.78, 5) is 26.2. The van der Waals surface area contributed by atoms with Crippen LogP contribution < -0.4 is 4.90 Å². The standard InChI is InChI=1S/C20H23ClN4O2/c21-16-3-1-14(2-4-16)15-11-18-17(19(27)12-15)13-22-20(23-18)25-7-5-24(6-8-25)9-10-26/h1-4,13,15,26H,5-12H2. The molecule has 7 heteroatoms. The van der Waals surface area contributed by atoms with E-state index in [0.29, 0.717) is 29.5 Å². The van der Waals surface area contributed by atoms with E-state index >= 15 is 0 Å². The second-order valence-corrected chi connectivity index (χ2v) is 7.60. The highest BCUT2D eigenvalue weighted by Crippen LogP contribution is 2.32. The number of benzene rings is 1. The first-order chi connectivity index (χ1) is 13.1. The Kier molecular flexibility index (Phi) is 5.38. The normalized spacial score (nSPS) is 20.6. The molecule has 1 N–H and O–H groups in total. The number of β-amino-alcohol motifs (C(OH)–C–C–N with tert-alkyl or cyclic N) is 1. The van der Waals surface area contributed by atoms with Crippen LogP contribution in [0.4, 0.5) is 5.95 Å². The van der Waals surface area contributed by atoms with Crippen molar-refractivity contribution in [2.45, 2.75) is 18.8 Å². The molecule has 6 nitrogen and oxygen atoms in total. The molecule has 0 spiro atoms. The van der Waals surface area contributed by atoms with Gasteiger partial charge in [-0.25, -0.2) is 9.97 Å². The van der Waals surface area contributed by atoms with E-state index in [9.17, 15) is 4.79 Å². The second-order valence-electron chi connectivity index (χ2n) is 7.16. The van der Waals surface area contributed by atoms with Crippen LogP contribution in [0.25, 0.3) is 0 Å². The van der Waals surface area contributed by atoms with E-state index in [-0.39, 0.29) is 18.3 Å². The van der Waals surface area contributed by atoms with Gasteiger partial charge in [-0.3, -0.25) is 9.69 Å². The number of piperazine rings is 1. The van der Waals surface area contributed by atoms with Gasteiger partial charge in [0, 0.05) is 50.4 Å². The van der Waals surface area contributed by atoms with Gasteiger partial charge in [0.2, 0.25) is 5.95 Å². The molecule has 4 rings (SSSR count). The highest BCUT2D eigenvalue weighted by Gasteiger charge is 2.29. The number of carbonyl (C=O) groups is 1. The monoisotopic (exact) mass is 386 g/mol. The minimum atomic E-state index is 0.107. The molecule has 1 saturated heterocycles. The Morgan fingerprint density at radius 1 is 1.11 bits per heavy atom. The van der Waals surface area contributed by atoms with Crippen LogP contribution in [-0.2, 0) is 6.42 Å². The fourth-order valence-corrected chi connectivity index (χ4v) is 4.00. The quantitative estimate of drug-likeness (QED) is 0.868. The van der Waals surface area contributed by atoms with Crippen LogP contribution in [0.1, 0.15) is 34.0 Å². The Morgan fingerprint density at radius 3 is 2.56 bits per heavy atom. The van der Waals surface area contributed by atoms with Crippen LogP contribution in [0.2, 0.25) is 5.02 Å². The number of aliphatic hydroxyl groups is 1. The van der Waals surface area contributed by atoms with Gasteiger partial charge < -0.3 is 10.0 Å². The third-order valence-electron chi connectivity index (χ3n) is 5.44. The number of carbonyl (C=O) groups excluding carboxylic acids is 1. The number of rotatable bonds is 4. The van der Waals surface area contributed by atoms with Gasteiger partial charge in [-0.05, 0) is 30.0 Å². The van der Waals surface area contributed by atoms with E-state index in [1.807, 2.05) is 24.3 Å². The minimum absolute atomic E-state index is 0.107. The Labute approximate surface area is 163 Å². The number of hydrogen-bond acceptors (Lipinski definition) is 6. The second kappa shape index (κ2) is 7.92. The van der Waals surface area contributed by atoms with E-state index in [2.05, 4.69) is 14.8 Å². The Balaban J connectivity index is 1.52. The lowest BCUT2D eigenvalue weighted by atomic mass is 9.82. The molecule has 2 heterocycles. The van der Waals surface area contributed by atoms with Crippen molar-refractivity contribution in [2.24, 2.45) is 0 Å². The lowest BCUT2D eigenvalue weighted by molar-refractivity contribution is 0.0962. The zero-order valence-corrected chi connectivity index (χ0v) is 15.9. The molecule has 1 fully saturated rings. The number of anilines is 1. The molecule has 1 aromatic carbocycles. The summed E-state index contributed by atoms with van der Waals surface area (Å²) in [6, 6.07) is 7.73. The number of fused-ring (bicyclic) bond motifs is 1. The van der Waals surface area contributed by atoms with E-state index in [1.165, 1.54) is 0 Å². The summed E-state index contributed by atoms with van der Waals surface area (Å²) in [6.45, 7) is 4.31. The summed E-state index contributed by atoms with van der Waals surface area (Å²) in [5, 5.41) is 9.77. The molecule has 2 aliphatic rings. The van der Waals surface area contributed by atoms with E-state index in [1.54, 1.807) is 6.20 Å². The van der Waals surface area contributed by atoms with Crippen LogP contribution in [0.5, 0.6) is 0 Å². The molecule has 0 saturated carbocycles. The van der Waals surface area contributed by atoms with Gasteiger partial charge in [0.25, 0.3) is 0 Å². The average molecular weight is 387 g/mol. The maximum absolute atomic E-state index is 12.6. The molecule has 0 amide bonds. The zero-order valence-electron chi connectivity index (χ0n) is 15.1. The maximum atomic E-state index is 12.6. The van der Waals surface area contributed by atoms with Gasteiger partial charge >= 0.3 is 0 Å². The van der Waals surface area contributed by atoms with E-state index in [4.69, 9.17) is 21.7 Å². The molecule has 27 heavy (non-hydrogen) atoms. The van der Waals surface area contributed by atoms with Crippen molar-refractivity contribution in [1.29, 1.82) is 0 Å². The first kappa shape index (κ1) is 18.3.